The number of piperidine rings is 1. The number of nitrogens with one attached hydrogen (secondary N) is 1. The minimum absolute atomic E-state index is 0.00309. The molecule has 0 unspecified atom stereocenters. The molecule has 0 aliphatic carbocycles. The predicted molar refractivity (Wildman–Crippen MR) is 114 cm³/mol. The summed E-state index contributed by atoms with van der Waals surface area (Å²) in [5, 5.41) is 3.30. The van der Waals surface area contributed by atoms with Crippen LogP contribution in [-0.4, -0.2) is 38.3 Å². The molecular formula is C21H25ClN2O4S. The van der Waals surface area contributed by atoms with Gasteiger partial charge in [-0.1, -0.05) is 24.1 Å². The summed E-state index contributed by atoms with van der Waals surface area (Å²) in [5.41, 5.74) is 1.67. The number of methoxy groups -OCH3 is 1. The second kappa shape index (κ2) is 8.73. The summed E-state index contributed by atoms with van der Waals surface area (Å²) < 4.78 is 33.4. The standard InChI is InChI=1S/C21H25ClN2O4S/c1-14-7-9-17(13-18(14)22)23-21(25)16-8-10-19(28-3)20(12-16)29(26,27)24-11-5-4-6-15(24)2/h7-10,12-13,15H,4-6,11H2,1-3H3,(H,23,25)/t15-/m0/s1. The molecule has 3 rings (SSSR count). The minimum Gasteiger partial charge on any atom is -0.495 e. The SMILES string of the molecule is COc1ccc(C(=O)Nc2ccc(C)c(Cl)c2)cc1S(=O)(=O)N1CCCC[C@@H]1C. The third-order valence-corrected chi connectivity index (χ3v) is 7.63. The number of aryl methyl sites for hydroxylation is 1. The Labute approximate surface area is 176 Å². The Hall–Kier alpha value is -2.09. The Morgan fingerprint density at radius 2 is 1.97 bits per heavy atom. The molecule has 0 spiro atoms. The van der Waals surface area contributed by atoms with Crippen LogP contribution in [0.25, 0.3) is 0 Å². The summed E-state index contributed by atoms with van der Waals surface area (Å²) in [6, 6.07) is 9.55. The second-order valence-corrected chi connectivity index (χ2v) is 9.51. The van der Waals surface area contributed by atoms with Crippen LogP contribution in [0.5, 0.6) is 5.75 Å². The van der Waals surface area contributed by atoms with Crippen molar-refractivity contribution < 1.29 is 17.9 Å². The number of ether oxygens (including phenoxy) is 1. The van der Waals surface area contributed by atoms with E-state index in [9.17, 15) is 13.2 Å². The van der Waals surface area contributed by atoms with Gasteiger partial charge in [-0.3, -0.25) is 4.79 Å². The van der Waals surface area contributed by atoms with Gasteiger partial charge in [-0.25, -0.2) is 8.42 Å². The van der Waals surface area contributed by atoms with Crippen LogP contribution in [0.2, 0.25) is 5.02 Å². The molecule has 8 heteroatoms. The molecule has 0 aromatic heterocycles. The van der Waals surface area contributed by atoms with E-state index in [1.807, 2.05) is 13.8 Å². The zero-order chi connectivity index (χ0) is 21.2. The molecule has 1 fully saturated rings. The molecular weight excluding hydrogens is 412 g/mol. The lowest BCUT2D eigenvalue weighted by Gasteiger charge is -2.32. The fraction of sp³-hybridized carbons (Fsp3) is 0.381. The van der Waals surface area contributed by atoms with Gasteiger partial charge < -0.3 is 10.1 Å². The lowest BCUT2D eigenvalue weighted by Crippen LogP contribution is -2.42. The van der Waals surface area contributed by atoms with Gasteiger partial charge in [-0.2, -0.15) is 4.31 Å². The van der Waals surface area contributed by atoms with Gasteiger partial charge in [0.2, 0.25) is 10.0 Å². The van der Waals surface area contributed by atoms with Gasteiger partial charge in [0.25, 0.3) is 5.91 Å². The summed E-state index contributed by atoms with van der Waals surface area (Å²) in [5.74, 6) is -0.201. The summed E-state index contributed by atoms with van der Waals surface area (Å²) >= 11 is 6.11. The molecule has 2 aromatic carbocycles. The number of hydrogen-bond acceptors (Lipinski definition) is 4. The van der Waals surface area contributed by atoms with Crippen LogP contribution < -0.4 is 10.1 Å². The van der Waals surface area contributed by atoms with Gasteiger partial charge in [0.1, 0.15) is 10.6 Å². The molecule has 1 amide bonds. The van der Waals surface area contributed by atoms with Gasteiger partial charge in [-0.05, 0) is 62.6 Å². The number of carbonyl (C=O) groups excluding carboxylic acids is 1. The van der Waals surface area contributed by atoms with Gasteiger partial charge >= 0.3 is 0 Å². The summed E-state index contributed by atoms with van der Waals surface area (Å²) in [7, 11) is -2.37. The molecule has 1 aliphatic heterocycles. The van der Waals surface area contributed by atoms with E-state index in [1.165, 1.54) is 23.5 Å². The number of carbonyl (C=O) groups is 1. The smallest absolute Gasteiger partial charge is 0.255 e. The highest BCUT2D eigenvalue weighted by Gasteiger charge is 2.33. The zero-order valence-electron chi connectivity index (χ0n) is 16.7. The third kappa shape index (κ3) is 4.57. The molecule has 6 nitrogen and oxygen atoms in total. The maximum Gasteiger partial charge on any atom is 0.255 e. The fourth-order valence-electron chi connectivity index (χ4n) is 3.45. The number of halogens is 1. The van der Waals surface area contributed by atoms with Crippen molar-refractivity contribution in [1.82, 2.24) is 4.31 Å². The number of anilines is 1. The van der Waals surface area contributed by atoms with Crippen LogP contribution in [0.1, 0.15) is 42.1 Å². The third-order valence-electron chi connectivity index (χ3n) is 5.18. The largest absolute Gasteiger partial charge is 0.495 e. The first-order chi connectivity index (χ1) is 13.7. The van der Waals surface area contributed by atoms with Gasteiger partial charge in [0.15, 0.2) is 0 Å². The highest BCUT2D eigenvalue weighted by atomic mass is 35.5. The molecule has 1 heterocycles. The normalized spacial score (nSPS) is 17.7. The number of nitrogens with zero attached hydrogens (tertiary/aromatic N) is 1. The maximum absolute atomic E-state index is 13.3. The minimum atomic E-state index is -3.79. The van der Waals surface area contributed by atoms with Crippen molar-refractivity contribution in [1.29, 1.82) is 0 Å². The molecule has 0 bridgehead atoms. The topological polar surface area (TPSA) is 75.7 Å². The van der Waals surface area contributed by atoms with E-state index in [0.29, 0.717) is 17.3 Å². The van der Waals surface area contributed by atoms with E-state index < -0.39 is 15.9 Å². The molecule has 1 N–H and O–H groups in total. The van der Waals surface area contributed by atoms with E-state index in [4.69, 9.17) is 16.3 Å². The van der Waals surface area contributed by atoms with Gasteiger partial charge in [0, 0.05) is 28.9 Å². The van der Waals surface area contributed by atoms with Gasteiger partial charge in [0.05, 0.1) is 7.11 Å². The molecule has 0 radical (unpaired) electrons. The Balaban J connectivity index is 1.94. The number of amides is 1. The predicted octanol–water partition coefficient (Wildman–Crippen LogP) is 4.47. The Bertz CT molecular complexity index is 1020. The Kier molecular flexibility index (Phi) is 6.51. The average Bonchev–Trinajstić information content (AvgIpc) is 2.70. The van der Waals surface area contributed by atoms with Crippen LogP contribution in [-0.2, 0) is 10.0 Å². The number of rotatable bonds is 5. The highest BCUT2D eigenvalue weighted by molar-refractivity contribution is 7.89. The molecule has 156 valence electrons. The van der Waals surface area contributed by atoms with Gasteiger partial charge in [-0.15, -0.1) is 0 Å². The van der Waals surface area contributed by atoms with Crippen LogP contribution in [0.3, 0.4) is 0 Å². The first-order valence-electron chi connectivity index (χ1n) is 9.51. The second-order valence-electron chi connectivity index (χ2n) is 7.24. The molecule has 1 atom stereocenters. The van der Waals surface area contributed by atoms with Crippen molar-refractivity contribution in [2.24, 2.45) is 0 Å². The van der Waals surface area contributed by atoms with Crippen LogP contribution >= 0.6 is 11.6 Å². The number of benzene rings is 2. The fourth-order valence-corrected chi connectivity index (χ4v) is 5.51. The van der Waals surface area contributed by atoms with Crippen molar-refractivity contribution in [2.45, 2.75) is 44.0 Å². The van der Waals surface area contributed by atoms with E-state index in [-0.39, 0.29) is 22.3 Å². The Morgan fingerprint density at radius 1 is 1.21 bits per heavy atom. The van der Waals surface area contributed by atoms with E-state index >= 15 is 0 Å². The van der Waals surface area contributed by atoms with Crippen molar-refractivity contribution in [3.63, 3.8) is 0 Å². The lowest BCUT2D eigenvalue weighted by molar-refractivity contribution is 0.102. The van der Waals surface area contributed by atoms with E-state index in [1.54, 1.807) is 24.3 Å². The highest BCUT2D eigenvalue weighted by Crippen LogP contribution is 2.32. The summed E-state index contributed by atoms with van der Waals surface area (Å²) in [6.45, 7) is 4.24. The molecule has 1 aliphatic rings. The quantitative estimate of drug-likeness (QED) is 0.750. The summed E-state index contributed by atoms with van der Waals surface area (Å²) in [6.07, 6.45) is 2.64. The molecule has 29 heavy (non-hydrogen) atoms. The molecule has 1 saturated heterocycles. The lowest BCUT2D eigenvalue weighted by atomic mass is 10.1. The first kappa shape index (κ1) is 21.6. The van der Waals surface area contributed by atoms with E-state index in [0.717, 1.165) is 24.8 Å². The van der Waals surface area contributed by atoms with E-state index in [2.05, 4.69) is 5.32 Å². The monoisotopic (exact) mass is 436 g/mol. The zero-order valence-corrected chi connectivity index (χ0v) is 18.3. The first-order valence-corrected chi connectivity index (χ1v) is 11.3. The molecule has 0 saturated carbocycles. The van der Waals surface area contributed by atoms with Crippen molar-refractivity contribution >= 4 is 33.2 Å². The molecule has 2 aromatic rings. The average molecular weight is 437 g/mol. The maximum atomic E-state index is 13.3. The van der Waals surface area contributed by atoms with Crippen LogP contribution in [0.4, 0.5) is 5.69 Å². The number of sulfonamides is 1. The van der Waals surface area contributed by atoms with Crippen molar-refractivity contribution in [3.05, 3.63) is 52.5 Å². The van der Waals surface area contributed by atoms with Crippen LogP contribution in [0.15, 0.2) is 41.3 Å². The van der Waals surface area contributed by atoms with Crippen molar-refractivity contribution in [2.75, 3.05) is 19.0 Å². The van der Waals surface area contributed by atoms with Crippen molar-refractivity contribution in [3.8, 4) is 5.75 Å². The number of hydrogen-bond donors (Lipinski definition) is 1. The van der Waals surface area contributed by atoms with Crippen LogP contribution in [0, 0.1) is 6.92 Å². The Morgan fingerprint density at radius 3 is 2.62 bits per heavy atom. The summed E-state index contributed by atoms with van der Waals surface area (Å²) in [4.78, 5) is 12.7.